The quantitative estimate of drug-likeness (QED) is 0.654. The smallest absolute Gasteiger partial charge is 0.330 e. The molecular formula is C18H19NO3. The van der Waals surface area contributed by atoms with Crippen LogP contribution in [0.5, 0.6) is 5.75 Å². The Hall–Kier alpha value is -2.75. The summed E-state index contributed by atoms with van der Waals surface area (Å²) < 4.78 is 5.06. The molecule has 0 heterocycles. The molecule has 2 rings (SSSR count). The van der Waals surface area contributed by atoms with E-state index in [4.69, 9.17) is 4.74 Å². The average molecular weight is 297 g/mol. The standard InChI is InChI=1S/C18H19NO3/c1-3-18(21)22-13-12-19(15-6-4-14(2)5-7-15)16-8-10-17(20)11-9-16/h3-11,20H,1,12-13H2,2H3. The molecule has 0 aliphatic carbocycles. The van der Waals surface area contributed by atoms with Crippen molar-refractivity contribution >= 4 is 17.3 Å². The fraction of sp³-hybridized carbons (Fsp3) is 0.167. The Bertz CT molecular complexity index is 587. The first-order valence-electron chi connectivity index (χ1n) is 7.02. The van der Waals surface area contributed by atoms with E-state index in [1.165, 1.54) is 5.56 Å². The van der Waals surface area contributed by atoms with E-state index < -0.39 is 5.97 Å². The second-order valence-corrected chi connectivity index (χ2v) is 4.88. The van der Waals surface area contributed by atoms with Crippen LogP contribution in [-0.2, 0) is 9.53 Å². The summed E-state index contributed by atoms with van der Waals surface area (Å²) in [5, 5.41) is 9.43. The number of esters is 1. The van der Waals surface area contributed by atoms with Gasteiger partial charge < -0.3 is 14.7 Å². The first kappa shape index (κ1) is 15.6. The molecule has 22 heavy (non-hydrogen) atoms. The second kappa shape index (κ2) is 7.31. The molecule has 0 atom stereocenters. The van der Waals surface area contributed by atoms with E-state index in [-0.39, 0.29) is 12.4 Å². The number of carbonyl (C=O) groups is 1. The number of nitrogens with zero attached hydrogens (tertiary/aromatic N) is 1. The van der Waals surface area contributed by atoms with Gasteiger partial charge in [-0.05, 0) is 43.3 Å². The first-order chi connectivity index (χ1) is 10.6. The van der Waals surface area contributed by atoms with Gasteiger partial charge in [-0.2, -0.15) is 0 Å². The lowest BCUT2D eigenvalue weighted by Crippen LogP contribution is -2.23. The number of carbonyl (C=O) groups excluding carboxylic acids is 1. The lowest BCUT2D eigenvalue weighted by atomic mass is 10.2. The highest BCUT2D eigenvalue weighted by Crippen LogP contribution is 2.26. The average Bonchev–Trinajstić information content (AvgIpc) is 2.53. The topological polar surface area (TPSA) is 49.8 Å². The second-order valence-electron chi connectivity index (χ2n) is 4.88. The molecule has 0 saturated heterocycles. The van der Waals surface area contributed by atoms with Crippen molar-refractivity contribution in [2.45, 2.75) is 6.92 Å². The summed E-state index contributed by atoms with van der Waals surface area (Å²) in [6.07, 6.45) is 1.15. The Morgan fingerprint density at radius 3 is 2.23 bits per heavy atom. The van der Waals surface area contributed by atoms with Crippen LogP contribution in [0.2, 0.25) is 0 Å². The third-order valence-electron chi connectivity index (χ3n) is 3.23. The molecular weight excluding hydrogens is 278 g/mol. The molecule has 0 fully saturated rings. The Kier molecular flexibility index (Phi) is 5.20. The lowest BCUT2D eigenvalue weighted by Gasteiger charge is -2.25. The fourth-order valence-electron chi connectivity index (χ4n) is 2.06. The number of rotatable bonds is 6. The molecule has 114 valence electrons. The zero-order valence-corrected chi connectivity index (χ0v) is 12.5. The number of aryl methyl sites for hydroxylation is 1. The Morgan fingerprint density at radius 2 is 1.68 bits per heavy atom. The highest BCUT2D eigenvalue weighted by atomic mass is 16.5. The number of hydrogen-bond acceptors (Lipinski definition) is 4. The van der Waals surface area contributed by atoms with Gasteiger partial charge >= 0.3 is 5.97 Å². The maximum atomic E-state index is 11.2. The van der Waals surface area contributed by atoms with Gasteiger partial charge in [-0.3, -0.25) is 0 Å². The molecule has 0 bridgehead atoms. The molecule has 2 aromatic carbocycles. The summed E-state index contributed by atoms with van der Waals surface area (Å²) in [7, 11) is 0. The van der Waals surface area contributed by atoms with Crippen molar-refractivity contribution in [3.8, 4) is 5.75 Å². The molecule has 0 unspecified atom stereocenters. The van der Waals surface area contributed by atoms with E-state index >= 15 is 0 Å². The van der Waals surface area contributed by atoms with E-state index in [0.29, 0.717) is 6.54 Å². The molecule has 0 radical (unpaired) electrons. The number of anilines is 2. The van der Waals surface area contributed by atoms with E-state index in [0.717, 1.165) is 17.5 Å². The van der Waals surface area contributed by atoms with E-state index in [1.807, 2.05) is 48.2 Å². The van der Waals surface area contributed by atoms with Crippen LogP contribution in [0.1, 0.15) is 5.56 Å². The molecule has 0 saturated carbocycles. The molecule has 0 aliphatic rings. The Labute approximate surface area is 130 Å². The normalized spacial score (nSPS) is 10.0. The van der Waals surface area contributed by atoms with Gasteiger partial charge in [0, 0.05) is 17.5 Å². The van der Waals surface area contributed by atoms with Crippen molar-refractivity contribution in [3.63, 3.8) is 0 Å². The lowest BCUT2D eigenvalue weighted by molar-refractivity contribution is -0.137. The summed E-state index contributed by atoms with van der Waals surface area (Å²) in [5.41, 5.74) is 3.08. The molecule has 4 nitrogen and oxygen atoms in total. The number of hydrogen-bond donors (Lipinski definition) is 1. The van der Waals surface area contributed by atoms with Crippen LogP contribution >= 0.6 is 0 Å². The summed E-state index contributed by atoms with van der Waals surface area (Å²) in [5.74, 6) is -0.222. The van der Waals surface area contributed by atoms with Crippen molar-refractivity contribution in [1.29, 1.82) is 0 Å². The Morgan fingerprint density at radius 1 is 1.14 bits per heavy atom. The van der Waals surface area contributed by atoms with Crippen LogP contribution < -0.4 is 4.90 Å². The van der Waals surface area contributed by atoms with Crippen LogP contribution in [0.25, 0.3) is 0 Å². The summed E-state index contributed by atoms with van der Waals surface area (Å²) in [4.78, 5) is 13.2. The SMILES string of the molecule is C=CC(=O)OCCN(c1ccc(C)cc1)c1ccc(O)cc1. The predicted octanol–water partition coefficient (Wildman–Crippen LogP) is 3.57. The minimum Gasteiger partial charge on any atom is -0.508 e. The molecule has 2 aromatic rings. The van der Waals surface area contributed by atoms with Crippen LogP contribution in [0, 0.1) is 6.92 Å². The largest absolute Gasteiger partial charge is 0.508 e. The molecule has 0 amide bonds. The fourth-order valence-corrected chi connectivity index (χ4v) is 2.06. The maximum Gasteiger partial charge on any atom is 0.330 e. The van der Waals surface area contributed by atoms with Gasteiger partial charge in [-0.1, -0.05) is 24.3 Å². The molecule has 0 aliphatic heterocycles. The highest BCUT2D eigenvalue weighted by molar-refractivity contribution is 5.81. The van der Waals surface area contributed by atoms with Gasteiger partial charge in [0.05, 0.1) is 6.54 Å². The first-order valence-corrected chi connectivity index (χ1v) is 7.02. The number of benzene rings is 2. The van der Waals surface area contributed by atoms with Crippen molar-refractivity contribution in [2.24, 2.45) is 0 Å². The zero-order chi connectivity index (χ0) is 15.9. The molecule has 1 N–H and O–H groups in total. The minimum absolute atomic E-state index is 0.214. The van der Waals surface area contributed by atoms with Crippen molar-refractivity contribution in [1.82, 2.24) is 0 Å². The number of phenolic OH excluding ortho intramolecular Hbond substituents is 1. The number of ether oxygens (including phenoxy) is 1. The number of aromatic hydroxyl groups is 1. The van der Waals surface area contributed by atoms with Crippen molar-refractivity contribution < 1.29 is 14.6 Å². The molecule has 0 aromatic heterocycles. The van der Waals surface area contributed by atoms with Gasteiger partial charge in [-0.25, -0.2) is 4.79 Å². The minimum atomic E-state index is -0.436. The molecule has 4 heteroatoms. The van der Waals surface area contributed by atoms with E-state index in [1.54, 1.807) is 12.1 Å². The van der Waals surface area contributed by atoms with Gasteiger partial charge in [0.2, 0.25) is 0 Å². The summed E-state index contributed by atoms with van der Waals surface area (Å²) in [6.45, 7) is 6.16. The van der Waals surface area contributed by atoms with E-state index in [2.05, 4.69) is 6.58 Å². The molecule has 0 spiro atoms. The van der Waals surface area contributed by atoms with Crippen LogP contribution in [0.15, 0.2) is 61.2 Å². The van der Waals surface area contributed by atoms with E-state index in [9.17, 15) is 9.90 Å². The highest BCUT2D eigenvalue weighted by Gasteiger charge is 2.10. The predicted molar refractivity (Wildman–Crippen MR) is 87.4 cm³/mol. The van der Waals surface area contributed by atoms with Crippen LogP contribution in [0.3, 0.4) is 0 Å². The monoisotopic (exact) mass is 297 g/mol. The van der Waals surface area contributed by atoms with Crippen LogP contribution in [0.4, 0.5) is 11.4 Å². The van der Waals surface area contributed by atoms with Gasteiger partial charge in [0.1, 0.15) is 12.4 Å². The van der Waals surface area contributed by atoms with Gasteiger partial charge in [0.25, 0.3) is 0 Å². The summed E-state index contributed by atoms with van der Waals surface area (Å²) in [6, 6.07) is 15.0. The Balaban J connectivity index is 2.20. The van der Waals surface area contributed by atoms with Crippen molar-refractivity contribution in [2.75, 3.05) is 18.1 Å². The van der Waals surface area contributed by atoms with Crippen LogP contribution in [-0.4, -0.2) is 24.2 Å². The van der Waals surface area contributed by atoms with Gasteiger partial charge in [-0.15, -0.1) is 0 Å². The third kappa shape index (κ3) is 4.12. The number of phenols is 1. The zero-order valence-electron chi connectivity index (χ0n) is 12.5. The van der Waals surface area contributed by atoms with Gasteiger partial charge in [0.15, 0.2) is 0 Å². The maximum absolute atomic E-state index is 11.2. The summed E-state index contributed by atoms with van der Waals surface area (Å²) >= 11 is 0. The third-order valence-corrected chi connectivity index (χ3v) is 3.23. The van der Waals surface area contributed by atoms with Crippen molar-refractivity contribution in [3.05, 3.63) is 66.7 Å².